The van der Waals surface area contributed by atoms with Gasteiger partial charge in [-0.3, -0.25) is 9.69 Å². The van der Waals surface area contributed by atoms with E-state index in [2.05, 4.69) is 20.0 Å². The van der Waals surface area contributed by atoms with Crippen molar-refractivity contribution < 1.29 is 9.59 Å². The van der Waals surface area contributed by atoms with Crippen molar-refractivity contribution >= 4 is 29.3 Å². The lowest BCUT2D eigenvalue weighted by Crippen LogP contribution is -2.52. The van der Waals surface area contributed by atoms with E-state index in [0.29, 0.717) is 26.4 Å². The standard InChI is InChI=1S/C13H22N6O2S/c1-15-4-5-17(12(15)21)10-19-7-6-18(13(19)22)9-16-3-2-14-11(20)8-16/h2-10H2,1H3,(H,14,20). The van der Waals surface area contributed by atoms with Crippen molar-refractivity contribution in [1.82, 2.24) is 29.8 Å². The van der Waals surface area contributed by atoms with Crippen LogP contribution < -0.4 is 5.32 Å². The van der Waals surface area contributed by atoms with E-state index in [0.717, 1.165) is 37.8 Å². The zero-order valence-electron chi connectivity index (χ0n) is 12.8. The Kier molecular flexibility index (Phi) is 4.34. The Hall–Kier alpha value is -1.61. The normalized spacial score (nSPS) is 23.8. The lowest BCUT2D eigenvalue weighted by atomic mass is 10.4. The lowest BCUT2D eigenvalue weighted by Gasteiger charge is -2.32. The second-order valence-electron chi connectivity index (χ2n) is 5.96. The maximum absolute atomic E-state index is 11.9. The molecule has 0 aromatic carbocycles. The van der Waals surface area contributed by atoms with Crippen LogP contribution in [-0.4, -0.2) is 108 Å². The third kappa shape index (κ3) is 3.09. The summed E-state index contributed by atoms with van der Waals surface area (Å²) in [6.45, 7) is 6.39. The van der Waals surface area contributed by atoms with Crippen molar-refractivity contribution in [3.63, 3.8) is 0 Å². The molecule has 0 atom stereocenters. The van der Waals surface area contributed by atoms with Gasteiger partial charge < -0.3 is 24.9 Å². The van der Waals surface area contributed by atoms with Crippen LogP contribution in [0.4, 0.5) is 4.79 Å². The molecule has 3 rings (SSSR count). The van der Waals surface area contributed by atoms with Gasteiger partial charge in [-0.25, -0.2) is 4.79 Å². The molecule has 0 aliphatic carbocycles. The Morgan fingerprint density at radius 1 is 1.00 bits per heavy atom. The average Bonchev–Trinajstić information content (AvgIpc) is 2.98. The third-order valence-corrected chi connectivity index (χ3v) is 4.83. The number of piperazine rings is 1. The average molecular weight is 326 g/mol. The number of urea groups is 1. The molecule has 0 spiro atoms. The van der Waals surface area contributed by atoms with E-state index in [1.807, 2.05) is 11.9 Å². The molecule has 3 aliphatic heterocycles. The molecule has 9 heteroatoms. The molecule has 0 unspecified atom stereocenters. The highest BCUT2D eigenvalue weighted by atomic mass is 32.1. The molecule has 3 fully saturated rings. The van der Waals surface area contributed by atoms with Crippen LogP contribution in [0.25, 0.3) is 0 Å². The van der Waals surface area contributed by atoms with Gasteiger partial charge in [-0.1, -0.05) is 0 Å². The summed E-state index contributed by atoms with van der Waals surface area (Å²) >= 11 is 5.54. The van der Waals surface area contributed by atoms with Crippen LogP contribution in [0.15, 0.2) is 0 Å². The fourth-order valence-corrected chi connectivity index (χ4v) is 3.29. The second-order valence-corrected chi connectivity index (χ2v) is 6.33. The molecular weight excluding hydrogens is 304 g/mol. The number of rotatable bonds is 4. The van der Waals surface area contributed by atoms with Crippen molar-refractivity contribution in [2.45, 2.75) is 0 Å². The summed E-state index contributed by atoms with van der Waals surface area (Å²) in [7, 11) is 1.82. The summed E-state index contributed by atoms with van der Waals surface area (Å²) in [5, 5.41) is 3.59. The van der Waals surface area contributed by atoms with E-state index in [1.54, 1.807) is 4.90 Å². The van der Waals surface area contributed by atoms with E-state index in [9.17, 15) is 9.59 Å². The lowest BCUT2D eigenvalue weighted by molar-refractivity contribution is -0.124. The molecule has 3 aliphatic rings. The van der Waals surface area contributed by atoms with Crippen molar-refractivity contribution in [2.75, 3.05) is 66.2 Å². The SMILES string of the molecule is CN1CCN(CN2CCN(CN3CCNC(=O)C3)C2=S)C1=O. The molecule has 3 saturated heterocycles. The fraction of sp³-hybridized carbons (Fsp3) is 0.769. The fourth-order valence-electron chi connectivity index (χ4n) is 2.99. The minimum Gasteiger partial charge on any atom is -0.354 e. The molecule has 3 heterocycles. The highest BCUT2D eigenvalue weighted by molar-refractivity contribution is 7.80. The Morgan fingerprint density at radius 3 is 2.32 bits per heavy atom. The van der Waals surface area contributed by atoms with E-state index in [4.69, 9.17) is 12.2 Å². The van der Waals surface area contributed by atoms with Crippen LogP contribution in [0.1, 0.15) is 0 Å². The number of hydrogen-bond acceptors (Lipinski definition) is 4. The van der Waals surface area contributed by atoms with Gasteiger partial charge in [0, 0.05) is 46.3 Å². The maximum atomic E-state index is 11.9. The molecular formula is C13H22N6O2S. The van der Waals surface area contributed by atoms with Crippen molar-refractivity contribution in [3.8, 4) is 0 Å². The molecule has 1 N–H and O–H groups in total. The topological polar surface area (TPSA) is 62.4 Å². The minimum atomic E-state index is 0.0638. The van der Waals surface area contributed by atoms with E-state index in [1.165, 1.54) is 0 Å². The van der Waals surface area contributed by atoms with Gasteiger partial charge in [0.05, 0.1) is 19.9 Å². The van der Waals surface area contributed by atoms with Crippen LogP contribution in [0.5, 0.6) is 0 Å². The summed E-state index contributed by atoms with van der Waals surface area (Å²) in [4.78, 5) is 33.2. The van der Waals surface area contributed by atoms with E-state index in [-0.39, 0.29) is 11.9 Å². The number of carbonyl (C=O) groups excluding carboxylic acids is 2. The largest absolute Gasteiger partial charge is 0.354 e. The van der Waals surface area contributed by atoms with Crippen molar-refractivity contribution in [1.29, 1.82) is 0 Å². The monoisotopic (exact) mass is 326 g/mol. The highest BCUT2D eigenvalue weighted by Crippen LogP contribution is 2.14. The van der Waals surface area contributed by atoms with Crippen molar-refractivity contribution in [2.24, 2.45) is 0 Å². The van der Waals surface area contributed by atoms with E-state index < -0.39 is 0 Å². The molecule has 8 nitrogen and oxygen atoms in total. The molecule has 0 aromatic rings. The first-order chi connectivity index (χ1) is 10.5. The molecule has 0 saturated carbocycles. The second kappa shape index (κ2) is 6.25. The summed E-state index contributed by atoms with van der Waals surface area (Å²) in [6, 6.07) is 0.0638. The smallest absolute Gasteiger partial charge is 0.321 e. The van der Waals surface area contributed by atoms with Gasteiger partial charge in [0.25, 0.3) is 0 Å². The first kappa shape index (κ1) is 15.3. The van der Waals surface area contributed by atoms with Crippen LogP contribution in [0.2, 0.25) is 0 Å². The van der Waals surface area contributed by atoms with Crippen LogP contribution in [0, 0.1) is 0 Å². The first-order valence-electron chi connectivity index (χ1n) is 7.57. The summed E-state index contributed by atoms with van der Waals surface area (Å²) < 4.78 is 0. The summed E-state index contributed by atoms with van der Waals surface area (Å²) in [5.41, 5.74) is 0. The quantitative estimate of drug-likeness (QED) is 0.642. The van der Waals surface area contributed by atoms with Crippen LogP contribution >= 0.6 is 12.2 Å². The molecule has 122 valence electrons. The number of thiocarbonyl (C=S) groups is 1. The zero-order valence-corrected chi connectivity index (χ0v) is 13.6. The van der Waals surface area contributed by atoms with Crippen molar-refractivity contribution in [3.05, 3.63) is 0 Å². The third-order valence-electron chi connectivity index (χ3n) is 4.31. The van der Waals surface area contributed by atoms with Crippen LogP contribution in [-0.2, 0) is 4.79 Å². The van der Waals surface area contributed by atoms with Crippen LogP contribution in [0.3, 0.4) is 0 Å². The maximum Gasteiger partial charge on any atom is 0.321 e. The number of nitrogens with one attached hydrogen (secondary N) is 1. The van der Waals surface area contributed by atoms with Gasteiger partial charge in [-0.05, 0) is 12.2 Å². The Bertz CT molecular complexity index is 487. The van der Waals surface area contributed by atoms with Gasteiger partial charge in [0.2, 0.25) is 5.91 Å². The Labute approximate surface area is 135 Å². The number of carbonyl (C=O) groups is 2. The minimum absolute atomic E-state index is 0.0638. The summed E-state index contributed by atoms with van der Waals surface area (Å²) in [6.07, 6.45) is 0. The van der Waals surface area contributed by atoms with Gasteiger partial charge >= 0.3 is 6.03 Å². The predicted octanol–water partition coefficient (Wildman–Crippen LogP) is -1.40. The molecule has 3 amide bonds. The Balaban J connectivity index is 1.51. The molecule has 0 aromatic heterocycles. The first-order valence-corrected chi connectivity index (χ1v) is 7.98. The number of amides is 3. The van der Waals surface area contributed by atoms with Gasteiger partial charge in [0.1, 0.15) is 0 Å². The number of nitrogens with zero attached hydrogens (tertiary/aromatic N) is 5. The van der Waals surface area contributed by atoms with Gasteiger partial charge in [-0.2, -0.15) is 0 Å². The van der Waals surface area contributed by atoms with Gasteiger partial charge in [-0.15, -0.1) is 0 Å². The molecule has 22 heavy (non-hydrogen) atoms. The highest BCUT2D eigenvalue weighted by Gasteiger charge is 2.32. The number of hydrogen-bond donors (Lipinski definition) is 1. The molecule has 0 bridgehead atoms. The number of likely N-dealkylation sites (N-methyl/N-ethyl adjacent to an activating group) is 1. The van der Waals surface area contributed by atoms with Gasteiger partial charge in [0.15, 0.2) is 5.11 Å². The van der Waals surface area contributed by atoms with E-state index >= 15 is 0 Å². The molecule has 0 radical (unpaired) electrons. The predicted molar refractivity (Wildman–Crippen MR) is 85.1 cm³/mol. The Morgan fingerprint density at radius 2 is 1.68 bits per heavy atom. The summed E-state index contributed by atoms with van der Waals surface area (Å²) in [5.74, 6) is 0.0684. The zero-order chi connectivity index (χ0) is 15.7.